The van der Waals surface area contributed by atoms with Gasteiger partial charge >= 0.3 is 0 Å². The fraction of sp³-hybridized carbons (Fsp3) is 0.400. The Kier molecular flexibility index (Phi) is 4.79. The lowest BCUT2D eigenvalue weighted by molar-refractivity contribution is 0.0756. The number of hydrogen-bond acceptors (Lipinski definition) is 6. The zero-order chi connectivity index (χ0) is 16.4. The van der Waals surface area contributed by atoms with Crippen molar-refractivity contribution >= 4 is 39.1 Å². The van der Waals surface area contributed by atoms with Gasteiger partial charge in [0.15, 0.2) is 0 Å². The summed E-state index contributed by atoms with van der Waals surface area (Å²) >= 11 is 7.19. The summed E-state index contributed by atoms with van der Waals surface area (Å²) in [5.74, 6) is -0.229. The molecule has 0 spiro atoms. The van der Waals surface area contributed by atoms with E-state index >= 15 is 0 Å². The fourth-order valence-corrected chi connectivity index (χ4v) is 3.59. The molecule has 1 aliphatic heterocycles. The van der Waals surface area contributed by atoms with Gasteiger partial charge in [0.2, 0.25) is 10.3 Å². The number of anilines is 2. The van der Waals surface area contributed by atoms with Gasteiger partial charge in [-0.1, -0.05) is 22.9 Å². The van der Waals surface area contributed by atoms with E-state index in [2.05, 4.69) is 34.3 Å². The lowest BCUT2D eigenvalue weighted by Gasteiger charge is -2.38. The van der Waals surface area contributed by atoms with Crippen LogP contribution in [-0.2, 0) is 4.74 Å². The summed E-state index contributed by atoms with van der Waals surface area (Å²) in [5, 5.41) is 12.9. The Balaban J connectivity index is 1.71. The quantitative estimate of drug-likeness (QED) is 0.919. The molecular formula is C15H17ClN4O2S. The molecule has 1 aliphatic rings. The minimum absolute atomic E-state index is 0.228. The van der Waals surface area contributed by atoms with Gasteiger partial charge < -0.3 is 9.64 Å². The predicted octanol–water partition coefficient (Wildman–Crippen LogP) is 3.06. The van der Waals surface area contributed by atoms with Crippen molar-refractivity contribution in [2.75, 3.05) is 23.4 Å². The molecular weight excluding hydrogens is 336 g/mol. The third-order valence-corrected chi connectivity index (χ3v) is 4.73. The van der Waals surface area contributed by atoms with E-state index in [-0.39, 0.29) is 18.0 Å². The first-order valence-corrected chi connectivity index (χ1v) is 8.50. The van der Waals surface area contributed by atoms with Gasteiger partial charge in [-0.2, -0.15) is 0 Å². The second-order valence-electron chi connectivity index (χ2n) is 5.49. The zero-order valence-electron chi connectivity index (χ0n) is 12.8. The molecule has 2 atom stereocenters. The highest BCUT2D eigenvalue weighted by atomic mass is 35.5. The molecule has 23 heavy (non-hydrogen) atoms. The Morgan fingerprint density at radius 2 is 1.91 bits per heavy atom. The third-order valence-electron chi connectivity index (χ3n) is 3.63. The molecule has 0 saturated carbocycles. The van der Waals surface area contributed by atoms with Crippen LogP contribution < -0.4 is 10.2 Å². The van der Waals surface area contributed by atoms with Crippen LogP contribution in [0.1, 0.15) is 24.2 Å². The van der Waals surface area contributed by atoms with Gasteiger partial charge in [-0.05, 0) is 38.1 Å². The maximum absolute atomic E-state index is 12.2. The largest absolute Gasteiger partial charge is 0.377 e. The van der Waals surface area contributed by atoms with Gasteiger partial charge in [-0.25, -0.2) is 0 Å². The Labute approximate surface area is 143 Å². The number of amides is 1. The van der Waals surface area contributed by atoms with Crippen LogP contribution in [0.15, 0.2) is 24.3 Å². The molecule has 2 unspecified atom stereocenters. The van der Waals surface area contributed by atoms with Crippen molar-refractivity contribution in [3.63, 3.8) is 0 Å². The molecule has 2 heterocycles. The summed E-state index contributed by atoms with van der Waals surface area (Å²) in [5.41, 5.74) is 0.527. The van der Waals surface area contributed by atoms with Crippen LogP contribution >= 0.6 is 22.9 Å². The number of halogens is 1. The molecule has 1 aromatic heterocycles. The first kappa shape index (κ1) is 16.2. The molecule has 8 heteroatoms. The smallest absolute Gasteiger partial charge is 0.257 e. The van der Waals surface area contributed by atoms with Crippen LogP contribution in [0.3, 0.4) is 0 Å². The molecule has 3 rings (SSSR count). The molecule has 1 saturated heterocycles. The highest BCUT2D eigenvalue weighted by Crippen LogP contribution is 2.29. The van der Waals surface area contributed by atoms with Crippen LogP contribution in [0.25, 0.3) is 0 Å². The average Bonchev–Trinajstić information content (AvgIpc) is 2.96. The van der Waals surface area contributed by atoms with Crippen molar-refractivity contribution in [3.05, 3.63) is 34.9 Å². The van der Waals surface area contributed by atoms with Crippen LogP contribution in [0, 0.1) is 0 Å². The molecule has 1 fully saturated rings. The summed E-state index contributed by atoms with van der Waals surface area (Å²) in [6.45, 7) is 5.50. The van der Waals surface area contributed by atoms with Crippen LogP contribution in [-0.4, -0.2) is 41.4 Å². The van der Waals surface area contributed by atoms with Gasteiger partial charge in [0.25, 0.3) is 5.91 Å². The van der Waals surface area contributed by atoms with Gasteiger partial charge in [0.05, 0.1) is 25.3 Å². The molecule has 0 aliphatic carbocycles. The molecule has 0 bridgehead atoms. The summed E-state index contributed by atoms with van der Waals surface area (Å²) in [6, 6.07) is 7.16. The normalized spacial score (nSPS) is 21.3. The first-order valence-electron chi connectivity index (χ1n) is 7.31. The average molecular weight is 353 g/mol. The van der Waals surface area contributed by atoms with Crippen molar-refractivity contribution in [1.29, 1.82) is 0 Å². The molecule has 1 amide bonds. The Hall–Kier alpha value is -1.70. The number of morpholine rings is 1. The Bertz CT molecular complexity index is 681. The lowest BCUT2D eigenvalue weighted by Crippen LogP contribution is -2.49. The number of nitrogens with zero attached hydrogens (tertiary/aromatic N) is 3. The number of nitrogens with one attached hydrogen (secondary N) is 1. The van der Waals surface area contributed by atoms with E-state index in [1.165, 1.54) is 11.3 Å². The molecule has 6 nitrogen and oxygen atoms in total. The summed E-state index contributed by atoms with van der Waals surface area (Å²) < 4.78 is 5.52. The number of aromatic nitrogens is 2. The number of ether oxygens (including phenoxy) is 1. The topological polar surface area (TPSA) is 67.3 Å². The van der Waals surface area contributed by atoms with Gasteiger partial charge in [-0.3, -0.25) is 10.1 Å². The number of benzene rings is 1. The molecule has 1 aromatic carbocycles. The van der Waals surface area contributed by atoms with Crippen LogP contribution in [0.4, 0.5) is 10.3 Å². The van der Waals surface area contributed by atoms with Crippen molar-refractivity contribution in [2.24, 2.45) is 0 Å². The van der Waals surface area contributed by atoms with E-state index in [1.807, 2.05) is 0 Å². The maximum atomic E-state index is 12.2. The van der Waals surface area contributed by atoms with E-state index in [0.29, 0.717) is 28.9 Å². The van der Waals surface area contributed by atoms with Crippen molar-refractivity contribution in [3.8, 4) is 0 Å². The second kappa shape index (κ2) is 6.82. The minimum atomic E-state index is -0.229. The van der Waals surface area contributed by atoms with Crippen molar-refractivity contribution in [2.45, 2.75) is 25.9 Å². The minimum Gasteiger partial charge on any atom is -0.377 e. The van der Waals surface area contributed by atoms with E-state index < -0.39 is 0 Å². The number of carbonyl (C=O) groups is 1. The molecule has 0 radical (unpaired) electrons. The monoisotopic (exact) mass is 352 g/mol. The standard InChI is InChI=1S/C15H17ClN4O2S/c1-9-7-22-8-10(2)20(9)15-19-18-14(23-15)17-13(21)11-3-5-12(16)6-4-11/h3-6,9-10H,7-8H2,1-2H3,(H,17,18,21). The molecule has 1 N–H and O–H groups in total. The maximum Gasteiger partial charge on any atom is 0.257 e. The number of carbonyl (C=O) groups excluding carboxylic acids is 1. The van der Waals surface area contributed by atoms with E-state index in [0.717, 1.165) is 5.13 Å². The number of rotatable bonds is 3. The zero-order valence-corrected chi connectivity index (χ0v) is 14.4. The van der Waals surface area contributed by atoms with Crippen LogP contribution in [0.5, 0.6) is 0 Å². The lowest BCUT2D eigenvalue weighted by atomic mass is 10.2. The SMILES string of the molecule is CC1COCC(C)N1c1nnc(NC(=O)c2ccc(Cl)cc2)s1. The summed E-state index contributed by atoms with van der Waals surface area (Å²) in [6.07, 6.45) is 0. The van der Waals surface area contributed by atoms with Crippen molar-refractivity contribution < 1.29 is 9.53 Å². The second-order valence-corrected chi connectivity index (χ2v) is 6.89. The van der Waals surface area contributed by atoms with E-state index in [4.69, 9.17) is 16.3 Å². The van der Waals surface area contributed by atoms with Crippen molar-refractivity contribution in [1.82, 2.24) is 10.2 Å². The van der Waals surface area contributed by atoms with Gasteiger partial charge in [0, 0.05) is 10.6 Å². The predicted molar refractivity (Wildman–Crippen MR) is 91.5 cm³/mol. The molecule has 122 valence electrons. The Morgan fingerprint density at radius 3 is 2.57 bits per heavy atom. The Morgan fingerprint density at radius 1 is 1.26 bits per heavy atom. The third kappa shape index (κ3) is 3.63. The van der Waals surface area contributed by atoms with Gasteiger partial charge in [-0.15, -0.1) is 10.2 Å². The van der Waals surface area contributed by atoms with Gasteiger partial charge in [0.1, 0.15) is 0 Å². The highest BCUT2D eigenvalue weighted by Gasteiger charge is 2.28. The van der Waals surface area contributed by atoms with Crippen LogP contribution in [0.2, 0.25) is 5.02 Å². The fourth-order valence-electron chi connectivity index (χ4n) is 2.52. The molecule has 2 aromatic rings. The summed E-state index contributed by atoms with van der Waals surface area (Å²) in [4.78, 5) is 14.4. The van der Waals surface area contributed by atoms with E-state index in [1.54, 1.807) is 24.3 Å². The first-order chi connectivity index (χ1) is 11.0. The number of hydrogen-bond donors (Lipinski definition) is 1. The highest BCUT2D eigenvalue weighted by molar-refractivity contribution is 7.19. The summed E-state index contributed by atoms with van der Waals surface area (Å²) in [7, 11) is 0. The van der Waals surface area contributed by atoms with E-state index in [9.17, 15) is 4.79 Å².